The van der Waals surface area contributed by atoms with E-state index in [1.165, 1.54) is 6.07 Å². The molecule has 25 heavy (non-hydrogen) atoms. The fourth-order valence-electron chi connectivity index (χ4n) is 3.29. The molecule has 1 atom stereocenters. The van der Waals surface area contributed by atoms with Crippen molar-refractivity contribution in [1.29, 1.82) is 0 Å². The standard InChI is InChI=1S/C20H24FNO3/c1-23-19-8-4-6-16(20(19)24-2)13-22-9-10-25-18(14-22)12-15-5-3-7-17(21)11-15/h3-8,11,18H,9-10,12-14H2,1-2H3/t18-/m0/s1. The summed E-state index contributed by atoms with van der Waals surface area (Å²) in [5.74, 6) is 1.31. The Morgan fingerprint density at radius 3 is 2.76 bits per heavy atom. The van der Waals surface area contributed by atoms with Crippen LogP contribution in [0.3, 0.4) is 0 Å². The first kappa shape index (κ1) is 17.7. The van der Waals surface area contributed by atoms with E-state index in [1.54, 1.807) is 26.4 Å². The summed E-state index contributed by atoms with van der Waals surface area (Å²) < 4.78 is 30.1. The summed E-state index contributed by atoms with van der Waals surface area (Å²) in [6.07, 6.45) is 0.774. The van der Waals surface area contributed by atoms with Crippen LogP contribution in [0.2, 0.25) is 0 Å². The number of methoxy groups -OCH3 is 2. The number of hydrogen-bond acceptors (Lipinski definition) is 4. The third kappa shape index (κ3) is 4.50. The molecule has 0 N–H and O–H groups in total. The van der Waals surface area contributed by atoms with Crippen LogP contribution in [0.4, 0.5) is 4.39 Å². The van der Waals surface area contributed by atoms with Crippen LogP contribution in [0.1, 0.15) is 11.1 Å². The normalized spacial score (nSPS) is 18.1. The van der Waals surface area contributed by atoms with Gasteiger partial charge in [-0.25, -0.2) is 4.39 Å². The lowest BCUT2D eigenvalue weighted by Crippen LogP contribution is -2.42. The molecule has 0 radical (unpaired) electrons. The first-order chi connectivity index (χ1) is 12.2. The van der Waals surface area contributed by atoms with E-state index in [1.807, 2.05) is 18.2 Å². The first-order valence-electron chi connectivity index (χ1n) is 8.48. The van der Waals surface area contributed by atoms with Crippen molar-refractivity contribution in [1.82, 2.24) is 4.90 Å². The van der Waals surface area contributed by atoms with Crippen LogP contribution in [0, 0.1) is 5.82 Å². The van der Waals surface area contributed by atoms with Gasteiger partial charge in [-0.3, -0.25) is 4.90 Å². The van der Waals surface area contributed by atoms with Gasteiger partial charge in [-0.05, 0) is 30.2 Å². The second kappa shape index (κ2) is 8.32. The monoisotopic (exact) mass is 345 g/mol. The van der Waals surface area contributed by atoms with Crippen molar-refractivity contribution in [3.8, 4) is 11.5 Å². The molecule has 2 aromatic rings. The molecule has 0 amide bonds. The largest absolute Gasteiger partial charge is 0.493 e. The van der Waals surface area contributed by atoms with Gasteiger partial charge in [0.2, 0.25) is 0 Å². The average Bonchev–Trinajstić information content (AvgIpc) is 2.62. The van der Waals surface area contributed by atoms with Gasteiger partial charge in [-0.2, -0.15) is 0 Å². The zero-order valence-corrected chi connectivity index (χ0v) is 14.7. The van der Waals surface area contributed by atoms with Crippen molar-refractivity contribution in [2.24, 2.45) is 0 Å². The number of para-hydroxylation sites is 1. The lowest BCUT2D eigenvalue weighted by atomic mass is 10.1. The third-order valence-electron chi connectivity index (χ3n) is 4.45. The summed E-state index contributed by atoms with van der Waals surface area (Å²) in [5, 5.41) is 0. The van der Waals surface area contributed by atoms with Gasteiger partial charge < -0.3 is 14.2 Å². The molecule has 5 heteroatoms. The van der Waals surface area contributed by atoms with E-state index in [0.29, 0.717) is 13.0 Å². The van der Waals surface area contributed by atoms with Gasteiger partial charge in [0.25, 0.3) is 0 Å². The Kier molecular flexibility index (Phi) is 5.89. The summed E-state index contributed by atoms with van der Waals surface area (Å²) in [6.45, 7) is 3.10. The minimum absolute atomic E-state index is 0.0622. The van der Waals surface area contributed by atoms with Crippen molar-refractivity contribution in [3.05, 3.63) is 59.4 Å². The summed E-state index contributed by atoms with van der Waals surface area (Å²) >= 11 is 0. The van der Waals surface area contributed by atoms with Crippen molar-refractivity contribution in [2.75, 3.05) is 33.9 Å². The summed E-state index contributed by atoms with van der Waals surface area (Å²) in [4.78, 5) is 2.34. The van der Waals surface area contributed by atoms with E-state index in [0.717, 1.165) is 42.3 Å². The van der Waals surface area contributed by atoms with E-state index in [9.17, 15) is 4.39 Å². The SMILES string of the molecule is COc1cccc(CN2CCO[C@@H](Cc3cccc(F)c3)C2)c1OC. The molecule has 1 fully saturated rings. The van der Waals surface area contributed by atoms with Gasteiger partial charge in [0.05, 0.1) is 26.9 Å². The van der Waals surface area contributed by atoms with Crippen LogP contribution in [-0.2, 0) is 17.7 Å². The van der Waals surface area contributed by atoms with Crippen LogP contribution >= 0.6 is 0 Å². The van der Waals surface area contributed by atoms with E-state index < -0.39 is 0 Å². The summed E-state index contributed by atoms with van der Waals surface area (Å²) in [7, 11) is 3.30. The van der Waals surface area contributed by atoms with Crippen LogP contribution < -0.4 is 9.47 Å². The van der Waals surface area contributed by atoms with Crippen LogP contribution in [0.15, 0.2) is 42.5 Å². The fourth-order valence-corrected chi connectivity index (χ4v) is 3.29. The number of benzene rings is 2. The van der Waals surface area contributed by atoms with E-state index in [-0.39, 0.29) is 11.9 Å². The number of rotatable bonds is 6. The molecular weight excluding hydrogens is 321 g/mol. The van der Waals surface area contributed by atoms with Crippen molar-refractivity contribution >= 4 is 0 Å². The Morgan fingerprint density at radius 1 is 1.16 bits per heavy atom. The predicted octanol–water partition coefficient (Wildman–Crippen LogP) is 3.29. The molecule has 0 unspecified atom stereocenters. The second-order valence-corrected chi connectivity index (χ2v) is 6.21. The molecule has 0 bridgehead atoms. The number of nitrogens with zero attached hydrogens (tertiary/aromatic N) is 1. The molecule has 4 nitrogen and oxygen atoms in total. The highest BCUT2D eigenvalue weighted by Crippen LogP contribution is 2.31. The molecule has 0 aromatic heterocycles. The van der Waals surface area contributed by atoms with Gasteiger partial charge >= 0.3 is 0 Å². The van der Waals surface area contributed by atoms with Gasteiger partial charge in [-0.15, -0.1) is 0 Å². The Morgan fingerprint density at radius 2 is 2.00 bits per heavy atom. The quantitative estimate of drug-likeness (QED) is 0.804. The Bertz CT molecular complexity index is 707. The fraction of sp³-hybridized carbons (Fsp3) is 0.400. The molecule has 1 saturated heterocycles. The minimum Gasteiger partial charge on any atom is -0.493 e. The highest BCUT2D eigenvalue weighted by molar-refractivity contribution is 5.46. The van der Waals surface area contributed by atoms with Gasteiger partial charge in [0.15, 0.2) is 11.5 Å². The molecule has 0 spiro atoms. The lowest BCUT2D eigenvalue weighted by molar-refractivity contribution is -0.0307. The Hall–Kier alpha value is -2.11. The number of halogens is 1. The van der Waals surface area contributed by atoms with Crippen LogP contribution in [0.5, 0.6) is 11.5 Å². The lowest BCUT2D eigenvalue weighted by Gasteiger charge is -2.33. The predicted molar refractivity (Wildman–Crippen MR) is 94.7 cm³/mol. The maximum Gasteiger partial charge on any atom is 0.165 e. The maximum absolute atomic E-state index is 13.4. The van der Waals surface area contributed by atoms with E-state index >= 15 is 0 Å². The molecule has 0 saturated carbocycles. The Balaban J connectivity index is 1.66. The molecule has 3 rings (SSSR count). The molecule has 1 aliphatic heterocycles. The van der Waals surface area contributed by atoms with Gasteiger partial charge in [-0.1, -0.05) is 24.3 Å². The molecule has 1 heterocycles. The van der Waals surface area contributed by atoms with Crippen molar-refractivity contribution < 1.29 is 18.6 Å². The third-order valence-corrected chi connectivity index (χ3v) is 4.45. The topological polar surface area (TPSA) is 30.9 Å². The number of ether oxygens (including phenoxy) is 3. The maximum atomic E-state index is 13.4. The zero-order chi connectivity index (χ0) is 17.6. The second-order valence-electron chi connectivity index (χ2n) is 6.21. The van der Waals surface area contributed by atoms with Crippen molar-refractivity contribution in [2.45, 2.75) is 19.1 Å². The summed E-state index contributed by atoms with van der Waals surface area (Å²) in [6, 6.07) is 12.6. The average molecular weight is 345 g/mol. The van der Waals surface area contributed by atoms with Crippen LogP contribution in [0.25, 0.3) is 0 Å². The molecule has 0 aliphatic carbocycles. The van der Waals surface area contributed by atoms with Gasteiger partial charge in [0, 0.05) is 25.2 Å². The zero-order valence-electron chi connectivity index (χ0n) is 14.7. The minimum atomic E-state index is -0.203. The molecule has 2 aromatic carbocycles. The smallest absolute Gasteiger partial charge is 0.165 e. The first-order valence-corrected chi connectivity index (χ1v) is 8.48. The highest BCUT2D eigenvalue weighted by Gasteiger charge is 2.22. The Labute approximate surface area is 148 Å². The van der Waals surface area contributed by atoms with E-state index in [2.05, 4.69) is 11.0 Å². The van der Waals surface area contributed by atoms with Crippen molar-refractivity contribution in [3.63, 3.8) is 0 Å². The number of hydrogen-bond donors (Lipinski definition) is 0. The highest BCUT2D eigenvalue weighted by atomic mass is 19.1. The van der Waals surface area contributed by atoms with E-state index in [4.69, 9.17) is 14.2 Å². The summed E-state index contributed by atoms with van der Waals surface area (Å²) in [5.41, 5.74) is 2.05. The van der Waals surface area contributed by atoms with Crippen LogP contribution in [-0.4, -0.2) is 44.9 Å². The number of morpholine rings is 1. The molecule has 134 valence electrons. The van der Waals surface area contributed by atoms with Gasteiger partial charge in [0.1, 0.15) is 5.82 Å². The molecule has 1 aliphatic rings. The molecular formula is C20H24FNO3.